The minimum Gasteiger partial charge on any atom is -0.310 e. The number of hydrogen-bond donors (Lipinski definition) is 0. The van der Waals surface area contributed by atoms with E-state index >= 15 is 0 Å². The highest BCUT2D eigenvalue weighted by Gasteiger charge is 2.32. The summed E-state index contributed by atoms with van der Waals surface area (Å²) in [6.45, 7) is 0. The SMILES string of the molecule is C1=CC2c3ccccc3SC2C=C1n1c2ccccc2c2cc(-c3ccc4c(c3)c3ccccc3n4-c3ccccc3)ccc21. The van der Waals surface area contributed by atoms with Gasteiger partial charge in [-0.25, -0.2) is 0 Å². The molecule has 212 valence electrons. The van der Waals surface area contributed by atoms with E-state index in [1.807, 2.05) is 11.8 Å². The first-order valence-corrected chi connectivity index (χ1v) is 16.5. The van der Waals surface area contributed by atoms with E-state index in [4.69, 9.17) is 0 Å². The van der Waals surface area contributed by atoms with Crippen molar-refractivity contribution in [2.24, 2.45) is 0 Å². The summed E-state index contributed by atoms with van der Waals surface area (Å²) in [5.41, 5.74) is 11.3. The van der Waals surface area contributed by atoms with Gasteiger partial charge in [-0.05, 0) is 83.4 Å². The van der Waals surface area contributed by atoms with Crippen molar-refractivity contribution < 1.29 is 0 Å². The van der Waals surface area contributed by atoms with Gasteiger partial charge in [-0.1, -0.05) is 91.0 Å². The van der Waals surface area contributed by atoms with Crippen LogP contribution in [0, 0.1) is 0 Å². The van der Waals surface area contributed by atoms with Gasteiger partial charge in [-0.15, -0.1) is 11.8 Å². The third-order valence-electron chi connectivity index (χ3n) is 9.66. The molecule has 0 spiro atoms. The van der Waals surface area contributed by atoms with Crippen molar-refractivity contribution in [1.29, 1.82) is 0 Å². The molecule has 2 unspecified atom stereocenters. The van der Waals surface area contributed by atoms with E-state index in [-0.39, 0.29) is 0 Å². The summed E-state index contributed by atoms with van der Waals surface area (Å²) in [5, 5.41) is 5.54. The van der Waals surface area contributed by atoms with Gasteiger partial charge < -0.3 is 9.13 Å². The number of thioether (sulfide) groups is 1. The zero-order chi connectivity index (χ0) is 29.5. The van der Waals surface area contributed by atoms with Crippen LogP contribution in [0.15, 0.2) is 163 Å². The summed E-state index contributed by atoms with van der Waals surface area (Å²) >= 11 is 1.99. The standard InChI is InChI=1S/C42H28N2S/c1-2-10-29(11-3-1)43-37-15-7-4-12-31(37)35-24-27(18-22-39(35)43)28-19-23-40-36(25-28)32-13-5-8-16-38(32)44(40)30-20-21-34-33-14-6-9-17-41(33)45-42(34)26-30/h1-26,34,42H. The van der Waals surface area contributed by atoms with E-state index in [1.165, 1.54) is 76.6 Å². The highest BCUT2D eigenvalue weighted by molar-refractivity contribution is 8.00. The lowest BCUT2D eigenvalue weighted by Crippen LogP contribution is -2.11. The summed E-state index contributed by atoms with van der Waals surface area (Å²) in [6.07, 6.45) is 7.22. The van der Waals surface area contributed by atoms with Crippen molar-refractivity contribution in [3.05, 3.63) is 163 Å². The van der Waals surface area contributed by atoms with Gasteiger partial charge in [0, 0.05) is 49.0 Å². The van der Waals surface area contributed by atoms with Crippen LogP contribution in [0.5, 0.6) is 0 Å². The van der Waals surface area contributed by atoms with Crippen molar-refractivity contribution in [2.45, 2.75) is 16.1 Å². The normalized spacial score (nSPS) is 17.3. The number of nitrogens with zero attached hydrogens (tertiary/aromatic N) is 2. The molecular weight excluding hydrogens is 565 g/mol. The van der Waals surface area contributed by atoms with Gasteiger partial charge in [0.2, 0.25) is 0 Å². The highest BCUT2D eigenvalue weighted by atomic mass is 32.2. The third kappa shape index (κ3) is 3.71. The molecule has 1 aliphatic carbocycles. The molecule has 6 aromatic carbocycles. The first kappa shape index (κ1) is 25.1. The molecule has 1 aliphatic heterocycles. The molecule has 0 amide bonds. The summed E-state index contributed by atoms with van der Waals surface area (Å²) < 4.78 is 4.84. The summed E-state index contributed by atoms with van der Waals surface area (Å²) in [5.74, 6) is 0.442. The second kappa shape index (κ2) is 9.62. The summed E-state index contributed by atoms with van der Waals surface area (Å²) in [7, 11) is 0. The van der Waals surface area contributed by atoms with Crippen molar-refractivity contribution in [1.82, 2.24) is 9.13 Å². The molecule has 0 saturated carbocycles. The highest BCUT2D eigenvalue weighted by Crippen LogP contribution is 2.49. The van der Waals surface area contributed by atoms with Crippen molar-refractivity contribution in [3.8, 4) is 16.8 Å². The topological polar surface area (TPSA) is 9.86 Å². The van der Waals surface area contributed by atoms with Gasteiger partial charge in [0.25, 0.3) is 0 Å². The lowest BCUT2D eigenvalue weighted by molar-refractivity contribution is 0.877. The minimum absolute atomic E-state index is 0.419. The van der Waals surface area contributed by atoms with E-state index in [2.05, 4.69) is 167 Å². The molecule has 0 radical (unpaired) electrons. The van der Waals surface area contributed by atoms with Gasteiger partial charge in [0.1, 0.15) is 0 Å². The number of hydrogen-bond acceptors (Lipinski definition) is 1. The predicted octanol–water partition coefficient (Wildman–Crippen LogP) is 11.2. The molecule has 0 bridgehead atoms. The fourth-order valence-corrected chi connectivity index (χ4v) is 9.01. The van der Waals surface area contributed by atoms with E-state index in [0.29, 0.717) is 11.2 Å². The molecule has 10 rings (SSSR count). The van der Waals surface area contributed by atoms with E-state index < -0.39 is 0 Å². The van der Waals surface area contributed by atoms with Crippen LogP contribution in [-0.2, 0) is 0 Å². The Morgan fingerprint density at radius 1 is 0.489 bits per heavy atom. The largest absolute Gasteiger partial charge is 0.310 e. The third-order valence-corrected chi connectivity index (χ3v) is 11.0. The van der Waals surface area contributed by atoms with Crippen LogP contribution in [0.4, 0.5) is 0 Å². The molecule has 2 aromatic heterocycles. The van der Waals surface area contributed by atoms with Gasteiger partial charge in [0.15, 0.2) is 0 Å². The number of para-hydroxylation sites is 3. The quantitative estimate of drug-likeness (QED) is 0.198. The molecule has 0 N–H and O–H groups in total. The molecule has 0 saturated heterocycles. The van der Waals surface area contributed by atoms with Crippen LogP contribution in [0.2, 0.25) is 0 Å². The Hall–Kier alpha value is -5.25. The minimum atomic E-state index is 0.419. The second-order valence-electron chi connectivity index (χ2n) is 12.1. The Morgan fingerprint density at radius 3 is 1.80 bits per heavy atom. The number of allylic oxidation sites excluding steroid dienone is 3. The van der Waals surface area contributed by atoms with E-state index in [0.717, 1.165) is 0 Å². The van der Waals surface area contributed by atoms with Gasteiger partial charge in [0.05, 0.1) is 22.1 Å². The Kier molecular flexibility index (Phi) is 5.37. The Bertz CT molecular complexity index is 2530. The number of aromatic nitrogens is 2. The molecule has 3 heterocycles. The Balaban J connectivity index is 1.12. The smallest absolute Gasteiger partial charge is 0.0541 e. The van der Waals surface area contributed by atoms with Crippen LogP contribution >= 0.6 is 11.8 Å². The van der Waals surface area contributed by atoms with Crippen molar-refractivity contribution in [2.75, 3.05) is 0 Å². The average Bonchev–Trinajstić information content (AvgIpc) is 3.75. The van der Waals surface area contributed by atoms with E-state index in [1.54, 1.807) is 0 Å². The molecule has 2 atom stereocenters. The molecule has 0 fully saturated rings. The monoisotopic (exact) mass is 592 g/mol. The van der Waals surface area contributed by atoms with E-state index in [9.17, 15) is 0 Å². The molecule has 2 aliphatic rings. The fourth-order valence-electron chi connectivity index (χ4n) is 7.62. The number of fused-ring (bicyclic) bond motifs is 9. The first-order chi connectivity index (χ1) is 22.3. The maximum Gasteiger partial charge on any atom is 0.0541 e. The van der Waals surface area contributed by atoms with Crippen LogP contribution < -0.4 is 0 Å². The zero-order valence-corrected chi connectivity index (χ0v) is 25.3. The van der Waals surface area contributed by atoms with Crippen LogP contribution in [0.1, 0.15) is 11.5 Å². The lowest BCUT2D eigenvalue weighted by atomic mass is 9.91. The molecule has 8 aromatic rings. The molecule has 2 nitrogen and oxygen atoms in total. The maximum absolute atomic E-state index is 2.48. The summed E-state index contributed by atoms with van der Waals surface area (Å²) in [4.78, 5) is 1.41. The molecule has 45 heavy (non-hydrogen) atoms. The fraction of sp³-hybridized carbons (Fsp3) is 0.0476. The van der Waals surface area contributed by atoms with Gasteiger partial charge >= 0.3 is 0 Å². The lowest BCUT2D eigenvalue weighted by Gasteiger charge is -2.20. The van der Waals surface area contributed by atoms with Crippen molar-refractivity contribution in [3.63, 3.8) is 0 Å². The number of rotatable bonds is 3. The predicted molar refractivity (Wildman–Crippen MR) is 191 cm³/mol. The Labute approximate surface area is 265 Å². The number of benzene rings is 6. The van der Waals surface area contributed by atoms with Crippen LogP contribution in [-0.4, -0.2) is 14.4 Å². The van der Waals surface area contributed by atoms with Crippen LogP contribution in [0.3, 0.4) is 0 Å². The first-order valence-electron chi connectivity index (χ1n) is 15.6. The van der Waals surface area contributed by atoms with Gasteiger partial charge in [-0.3, -0.25) is 0 Å². The second-order valence-corrected chi connectivity index (χ2v) is 13.3. The molecule has 3 heteroatoms. The maximum atomic E-state index is 2.48. The van der Waals surface area contributed by atoms with Gasteiger partial charge in [-0.2, -0.15) is 0 Å². The molecular formula is C42H28N2S. The van der Waals surface area contributed by atoms with Crippen LogP contribution in [0.25, 0.3) is 66.1 Å². The summed E-state index contributed by atoms with van der Waals surface area (Å²) in [6, 6.07) is 51.1. The zero-order valence-electron chi connectivity index (χ0n) is 24.5. The average molecular weight is 593 g/mol. The van der Waals surface area contributed by atoms with Crippen molar-refractivity contribution >= 4 is 61.1 Å². The Morgan fingerprint density at radius 2 is 1.07 bits per heavy atom.